The molecule has 0 unspecified atom stereocenters. The number of nitrogens with zero attached hydrogens (tertiary/aromatic N) is 1. The summed E-state index contributed by atoms with van der Waals surface area (Å²) in [6.45, 7) is 6.09. The summed E-state index contributed by atoms with van der Waals surface area (Å²) in [5.41, 5.74) is -0.0592. The molecule has 0 heterocycles. The monoisotopic (exact) mass is 173 g/mol. The normalized spacial score (nSPS) is 10.9. The average Bonchev–Trinajstić information content (AvgIpc) is 1.82. The van der Waals surface area contributed by atoms with Crippen molar-refractivity contribution in [3.05, 3.63) is 0 Å². The molecule has 1 amide bonds. The summed E-state index contributed by atoms with van der Waals surface area (Å²) in [5, 5.41) is 8.41. The number of rotatable bonds is 4. The van der Waals surface area contributed by atoms with Crippen LogP contribution in [0.15, 0.2) is 0 Å². The van der Waals surface area contributed by atoms with E-state index in [9.17, 15) is 9.59 Å². The Morgan fingerprint density at radius 1 is 1.50 bits per heavy atom. The van der Waals surface area contributed by atoms with E-state index >= 15 is 0 Å². The lowest BCUT2D eigenvalue weighted by atomic mass is 9.96. The quantitative estimate of drug-likeness (QED) is 0.632. The number of amides is 1. The first-order chi connectivity index (χ1) is 5.35. The Morgan fingerprint density at radius 3 is 2.25 bits per heavy atom. The lowest BCUT2D eigenvalue weighted by Gasteiger charge is -2.25. The van der Waals surface area contributed by atoms with Crippen LogP contribution in [0.3, 0.4) is 0 Å². The third-order valence-corrected chi connectivity index (χ3v) is 1.16. The molecule has 0 spiro atoms. The van der Waals surface area contributed by atoms with Crippen molar-refractivity contribution in [2.45, 2.75) is 20.8 Å². The van der Waals surface area contributed by atoms with E-state index < -0.39 is 5.97 Å². The van der Waals surface area contributed by atoms with Crippen LogP contribution in [0.5, 0.6) is 0 Å². The van der Waals surface area contributed by atoms with E-state index in [-0.39, 0.29) is 12.0 Å². The van der Waals surface area contributed by atoms with Gasteiger partial charge in [-0.05, 0) is 5.41 Å². The Balaban J connectivity index is 4.00. The molecule has 0 aromatic carbocycles. The van der Waals surface area contributed by atoms with E-state index in [0.717, 1.165) is 0 Å². The summed E-state index contributed by atoms with van der Waals surface area (Å²) in [5.74, 6) is -0.980. The van der Waals surface area contributed by atoms with Crippen LogP contribution in [0.4, 0.5) is 0 Å². The molecule has 4 nitrogen and oxygen atoms in total. The minimum absolute atomic E-state index is 0.0592. The van der Waals surface area contributed by atoms with Crippen LogP contribution in [0.1, 0.15) is 20.8 Å². The van der Waals surface area contributed by atoms with Gasteiger partial charge in [0.05, 0.1) is 0 Å². The maximum Gasteiger partial charge on any atom is 0.323 e. The summed E-state index contributed by atoms with van der Waals surface area (Å²) in [7, 11) is 0. The zero-order valence-electron chi connectivity index (χ0n) is 7.70. The zero-order chi connectivity index (χ0) is 9.78. The number of carbonyl (C=O) groups excluding carboxylic acids is 1. The molecule has 0 saturated carbocycles. The predicted octanol–water partition coefficient (Wildman–Crippen LogP) is 0.575. The lowest BCUT2D eigenvalue weighted by Crippen LogP contribution is -2.35. The molecule has 0 aliphatic rings. The van der Waals surface area contributed by atoms with Crippen LogP contribution in [-0.2, 0) is 9.59 Å². The zero-order valence-corrected chi connectivity index (χ0v) is 7.70. The largest absolute Gasteiger partial charge is 0.480 e. The van der Waals surface area contributed by atoms with E-state index in [1.807, 2.05) is 20.8 Å². The molecule has 0 atom stereocenters. The lowest BCUT2D eigenvalue weighted by molar-refractivity contribution is -0.141. The highest BCUT2D eigenvalue weighted by molar-refractivity contribution is 5.71. The van der Waals surface area contributed by atoms with E-state index in [1.165, 1.54) is 4.90 Å². The summed E-state index contributed by atoms with van der Waals surface area (Å²) >= 11 is 0. The third kappa shape index (κ3) is 5.70. The second kappa shape index (κ2) is 4.09. The van der Waals surface area contributed by atoms with Crippen molar-refractivity contribution >= 4 is 12.4 Å². The van der Waals surface area contributed by atoms with Crippen molar-refractivity contribution in [2.75, 3.05) is 13.1 Å². The highest BCUT2D eigenvalue weighted by Gasteiger charge is 2.16. The standard InChI is InChI=1S/C8H15NO3/c1-8(2,3)5-9(6-10)4-7(11)12/h6H,4-5H2,1-3H3,(H,11,12). The highest BCUT2D eigenvalue weighted by Crippen LogP contribution is 2.13. The maximum absolute atomic E-state index is 10.4. The van der Waals surface area contributed by atoms with Gasteiger partial charge in [-0.15, -0.1) is 0 Å². The van der Waals surface area contributed by atoms with Gasteiger partial charge in [-0.3, -0.25) is 9.59 Å². The molecule has 70 valence electrons. The van der Waals surface area contributed by atoms with Crippen molar-refractivity contribution in [1.82, 2.24) is 4.90 Å². The van der Waals surface area contributed by atoms with Crippen molar-refractivity contribution in [3.8, 4) is 0 Å². The number of carbonyl (C=O) groups is 2. The van der Waals surface area contributed by atoms with Crippen LogP contribution in [-0.4, -0.2) is 35.5 Å². The van der Waals surface area contributed by atoms with E-state index in [1.54, 1.807) is 0 Å². The Hall–Kier alpha value is -1.06. The molecule has 0 aromatic rings. The molecule has 0 radical (unpaired) electrons. The number of aliphatic carboxylic acids is 1. The van der Waals surface area contributed by atoms with E-state index in [4.69, 9.17) is 5.11 Å². The first kappa shape index (κ1) is 10.9. The van der Waals surface area contributed by atoms with Crippen LogP contribution in [0.2, 0.25) is 0 Å². The fourth-order valence-electron chi connectivity index (χ4n) is 0.913. The van der Waals surface area contributed by atoms with Crippen LogP contribution >= 0.6 is 0 Å². The van der Waals surface area contributed by atoms with Crippen molar-refractivity contribution in [2.24, 2.45) is 5.41 Å². The fraction of sp³-hybridized carbons (Fsp3) is 0.750. The smallest absolute Gasteiger partial charge is 0.323 e. The molecular weight excluding hydrogens is 158 g/mol. The second-order valence-electron chi connectivity index (χ2n) is 3.96. The topological polar surface area (TPSA) is 57.6 Å². The molecule has 0 aromatic heterocycles. The van der Waals surface area contributed by atoms with Crippen LogP contribution < -0.4 is 0 Å². The Morgan fingerprint density at radius 2 is 2.00 bits per heavy atom. The maximum atomic E-state index is 10.4. The molecule has 0 bridgehead atoms. The summed E-state index contributed by atoms with van der Waals surface area (Å²) < 4.78 is 0. The first-order valence-electron chi connectivity index (χ1n) is 3.76. The van der Waals surface area contributed by atoms with Gasteiger partial charge in [-0.2, -0.15) is 0 Å². The van der Waals surface area contributed by atoms with Gasteiger partial charge in [0.1, 0.15) is 6.54 Å². The fourth-order valence-corrected chi connectivity index (χ4v) is 0.913. The molecule has 0 aliphatic carbocycles. The van der Waals surface area contributed by atoms with Crippen molar-refractivity contribution < 1.29 is 14.7 Å². The predicted molar refractivity (Wildman–Crippen MR) is 44.7 cm³/mol. The second-order valence-corrected chi connectivity index (χ2v) is 3.96. The Bertz CT molecular complexity index is 172. The van der Waals surface area contributed by atoms with Gasteiger partial charge in [0, 0.05) is 6.54 Å². The highest BCUT2D eigenvalue weighted by atomic mass is 16.4. The van der Waals surface area contributed by atoms with Gasteiger partial charge >= 0.3 is 5.97 Å². The number of hydrogen-bond donors (Lipinski definition) is 1. The van der Waals surface area contributed by atoms with Gasteiger partial charge in [-0.1, -0.05) is 20.8 Å². The summed E-state index contributed by atoms with van der Waals surface area (Å²) in [6.07, 6.45) is 0.569. The average molecular weight is 173 g/mol. The number of carboxylic acid groups (broad SMARTS) is 1. The van der Waals surface area contributed by atoms with Crippen molar-refractivity contribution in [3.63, 3.8) is 0 Å². The Kier molecular flexibility index (Phi) is 3.73. The first-order valence-corrected chi connectivity index (χ1v) is 3.76. The molecule has 1 N–H and O–H groups in total. The van der Waals surface area contributed by atoms with Crippen LogP contribution in [0.25, 0.3) is 0 Å². The van der Waals surface area contributed by atoms with E-state index in [0.29, 0.717) is 13.0 Å². The van der Waals surface area contributed by atoms with Crippen LogP contribution in [0, 0.1) is 5.41 Å². The molecule has 0 rings (SSSR count). The molecule has 0 saturated heterocycles. The molecule has 0 fully saturated rings. The number of hydrogen-bond acceptors (Lipinski definition) is 2. The molecule has 4 heteroatoms. The molecule has 12 heavy (non-hydrogen) atoms. The van der Waals surface area contributed by atoms with Gasteiger partial charge in [0.2, 0.25) is 6.41 Å². The minimum atomic E-state index is -0.980. The SMILES string of the molecule is CC(C)(C)CN(C=O)CC(=O)O. The van der Waals surface area contributed by atoms with E-state index in [2.05, 4.69) is 0 Å². The summed E-state index contributed by atoms with van der Waals surface area (Å²) in [4.78, 5) is 21.9. The third-order valence-electron chi connectivity index (χ3n) is 1.16. The van der Waals surface area contributed by atoms with Gasteiger partial charge in [0.15, 0.2) is 0 Å². The minimum Gasteiger partial charge on any atom is -0.480 e. The number of carboxylic acids is 1. The van der Waals surface area contributed by atoms with Gasteiger partial charge < -0.3 is 10.0 Å². The van der Waals surface area contributed by atoms with Crippen molar-refractivity contribution in [1.29, 1.82) is 0 Å². The van der Waals surface area contributed by atoms with Gasteiger partial charge in [0.25, 0.3) is 0 Å². The molecule has 0 aliphatic heterocycles. The molecular formula is C8H15NO3. The summed E-state index contributed by atoms with van der Waals surface area (Å²) in [6, 6.07) is 0. The van der Waals surface area contributed by atoms with Gasteiger partial charge in [-0.25, -0.2) is 0 Å². The Labute approximate surface area is 72.2 Å².